The summed E-state index contributed by atoms with van der Waals surface area (Å²) < 4.78 is 60.3. The van der Waals surface area contributed by atoms with E-state index in [1.807, 2.05) is 78.2 Å². The number of aliphatic hydroxyl groups excluding tert-OH is 1. The number of nitrogens with one attached hydrogen (secondary N) is 3. The van der Waals surface area contributed by atoms with Crippen molar-refractivity contribution in [2.75, 3.05) is 71.8 Å². The summed E-state index contributed by atoms with van der Waals surface area (Å²) in [4.78, 5) is 75.4. The number of amides is 3. The Morgan fingerprint density at radius 1 is 0.897 bits per heavy atom. The molecule has 0 saturated carbocycles. The number of aromatic nitrogens is 1. The van der Waals surface area contributed by atoms with Gasteiger partial charge in [0.15, 0.2) is 11.6 Å². The molecule has 17 nitrogen and oxygen atoms in total. The summed E-state index contributed by atoms with van der Waals surface area (Å²) in [5.74, 6) is -4.71. The topological polar surface area (TPSA) is 228 Å². The zero-order valence-corrected chi connectivity index (χ0v) is 52.8. The molecule has 0 unspecified atom stereocenters. The third-order valence-corrected chi connectivity index (χ3v) is 17.0. The molecule has 468 valence electrons. The number of hydrogen-bond donors (Lipinski definition) is 4. The number of benzene rings is 4. The van der Waals surface area contributed by atoms with Crippen molar-refractivity contribution >= 4 is 69.5 Å². The Balaban J connectivity index is 0.795. The summed E-state index contributed by atoms with van der Waals surface area (Å²) in [5, 5.41) is 30.6. The van der Waals surface area contributed by atoms with Gasteiger partial charge in [-0.25, -0.2) is 13.8 Å². The van der Waals surface area contributed by atoms with Crippen LogP contribution in [-0.4, -0.2) is 141 Å². The Morgan fingerprint density at radius 3 is 2.20 bits per heavy atom. The molecule has 3 heterocycles. The van der Waals surface area contributed by atoms with Gasteiger partial charge >= 0.3 is 0 Å². The van der Waals surface area contributed by atoms with Gasteiger partial charge in [0.05, 0.1) is 97.8 Å². The highest BCUT2D eigenvalue weighted by atomic mass is 35.5. The number of ether oxygens (including phenoxy) is 5. The van der Waals surface area contributed by atoms with Crippen LogP contribution in [0.1, 0.15) is 112 Å². The van der Waals surface area contributed by atoms with Gasteiger partial charge in [0.2, 0.25) is 17.7 Å². The number of aliphatic hydroxyl groups is 1. The molecule has 1 aromatic heterocycles. The molecule has 7 rings (SSSR count). The van der Waals surface area contributed by atoms with E-state index in [2.05, 4.69) is 27.0 Å². The number of carbonyl (C=O) groups excluding carboxylic acids is 5. The first-order chi connectivity index (χ1) is 41.4. The summed E-state index contributed by atoms with van der Waals surface area (Å²) >= 11 is 14.0. The number of methoxy groups -OCH3 is 1. The Bertz CT molecular complexity index is 3260. The van der Waals surface area contributed by atoms with Crippen molar-refractivity contribution in [2.45, 2.75) is 129 Å². The molecule has 2 aliphatic heterocycles. The van der Waals surface area contributed by atoms with Crippen LogP contribution in [0.5, 0.6) is 5.75 Å². The van der Waals surface area contributed by atoms with Crippen LogP contribution in [0.15, 0.2) is 84.4 Å². The van der Waals surface area contributed by atoms with Crippen molar-refractivity contribution in [1.29, 1.82) is 5.26 Å². The van der Waals surface area contributed by atoms with E-state index < -0.39 is 81.8 Å². The van der Waals surface area contributed by atoms with E-state index in [1.165, 1.54) is 54.5 Å². The number of ketones is 2. The number of Topliss-reactive ketones (excluding diaryl/α,β-unsaturated/α-hetero) is 2. The van der Waals surface area contributed by atoms with E-state index >= 15 is 8.78 Å². The number of carbonyl (C=O) groups is 5. The van der Waals surface area contributed by atoms with Gasteiger partial charge in [-0.15, -0.1) is 11.3 Å². The zero-order valence-electron chi connectivity index (χ0n) is 50.4. The number of nitriles is 1. The molecular formula is C65H78Cl2F2N6O11S. The third-order valence-electron chi connectivity index (χ3n) is 15.5. The molecule has 87 heavy (non-hydrogen) atoms. The maximum absolute atomic E-state index is 16.2. The number of anilines is 1. The van der Waals surface area contributed by atoms with Gasteiger partial charge in [-0.2, -0.15) is 5.26 Å². The molecule has 2 aliphatic rings. The molecule has 22 heteroatoms. The third kappa shape index (κ3) is 17.5. The highest BCUT2D eigenvalue weighted by Gasteiger charge is 2.61. The molecule has 4 aromatic carbocycles. The first-order valence-corrected chi connectivity index (χ1v) is 30.7. The lowest BCUT2D eigenvalue weighted by molar-refractivity contribution is -0.144. The molecule has 0 radical (unpaired) electrons. The molecule has 3 amide bonds. The highest BCUT2D eigenvalue weighted by molar-refractivity contribution is 7.13. The standard InChI is InChI=1S/C65H78Cl2F2N6O11S/c1-39-59(87-38-71-39)41-17-14-40(15-18-41)16-23-52(78)50-33-44(76)35-75(50)62(81)60(64(5,6)7)74-55(79)36-86-30-29-85-28-27-84-26-25-83-24-10-13-51(77)42-19-22-49(53(31-42)82-8)72-61(80)58-56(45-11-9-12-47(67)57(45)69)65(37-70,54(73-58)34-63(2,3)4)46-21-20-43(66)32-48(46)68/h9,11-12,14-15,17-22,31-32,38,44,50,54,56,58,60,73,76H,10,13,16,23-30,33-36H2,1-8H3,(H,72,80)(H,74,79)/t44-,50+,54+,56+,58-,60-,65+/m1/s1. The predicted octanol–water partition coefficient (Wildman–Crippen LogP) is 10.4. The Labute approximate surface area is 521 Å². The van der Waals surface area contributed by atoms with Crippen molar-refractivity contribution in [3.05, 3.63) is 134 Å². The van der Waals surface area contributed by atoms with Crippen molar-refractivity contribution < 1.29 is 61.5 Å². The fourth-order valence-corrected chi connectivity index (χ4v) is 12.4. The summed E-state index contributed by atoms with van der Waals surface area (Å²) in [6, 6.07) is 19.2. The van der Waals surface area contributed by atoms with E-state index in [1.54, 1.807) is 17.4 Å². The van der Waals surface area contributed by atoms with E-state index in [0.717, 1.165) is 27.8 Å². The van der Waals surface area contributed by atoms with Crippen LogP contribution < -0.4 is 20.7 Å². The van der Waals surface area contributed by atoms with Gasteiger partial charge in [0, 0.05) is 60.5 Å². The van der Waals surface area contributed by atoms with Gasteiger partial charge in [-0.05, 0) is 90.1 Å². The fraction of sp³-hybridized carbons (Fsp3) is 0.492. The monoisotopic (exact) mass is 1260 g/mol. The number of aryl methyl sites for hydroxylation is 2. The average Bonchev–Trinajstić information content (AvgIpc) is 1.60. The molecule has 2 saturated heterocycles. The van der Waals surface area contributed by atoms with E-state index in [4.69, 9.17) is 46.9 Å². The van der Waals surface area contributed by atoms with E-state index in [-0.39, 0.29) is 129 Å². The van der Waals surface area contributed by atoms with Crippen LogP contribution in [0.4, 0.5) is 14.5 Å². The second-order valence-corrected chi connectivity index (χ2v) is 25.9. The first kappa shape index (κ1) is 68.2. The molecule has 0 spiro atoms. The van der Waals surface area contributed by atoms with Crippen LogP contribution in [-0.2, 0) is 50.0 Å². The minimum atomic E-state index is -1.83. The maximum Gasteiger partial charge on any atom is 0.246 e. The molecular weight excluding hydrogens is 1180 g/mol. The lowest BCUT2D eigenvalue weighted by Crippen LogP contribution is -2.57. The van der Waals surface area contributed by atoms with Gasteiger partial charge in [0.1, 0.15) is 35.4 Å². The number of hydrogen-bond acceptors (Lipinski definition) is 15. The van der Waals surface area contributed by atoms with Gasteiger partial charge in [-0.1, -0.05) is 107 Å². The van der Waals surface area contributed by atoms with Crippen LogP contribution in [0.2, 0.25) is 10.0 Å². The lowest BCUT2D eigenvalue weighted by atomic mass is 9.62. The first-order valence-electron chi connectivity index (χ1n) is 29.1. The smallest absolute Gasteiger partial charge is 0.246 e. The molecule has 0 aliphatic carbocycles. The second-order valence-electron chi connectivity index (χ2n) is 24.2. The average molecular weight is 1260 g/mol. The van der Waals surface area contributed by atoms with Crippen LogP contribution in [0.3, 0.4) is 0 Å². The Morgan fingerprint density at radius 2 is 1.57 bits per heavy atom. The highest BCUT2D eigenvalue weighted by Crippen LogP contribution is 2.53. The minimum absolute atomic E-state index is 0.00888. The molecule has 4 N–H and O–H groups in total. The number of rotatable bonds is 29. The van der Waals surface area contributed by atoms with Crippen LogP contribution >= 0.6 is 34.5 Å². The fourth-order valence-electron chi connectivity index (χ4n) is 11.3. The van der Waals surface area contributed by atoms with Crippen LogP contribution in [0.25, 0.3) is 10.4 Å². The maximum atomic E-state index is 16.2. The van der Waals surface area contributed by atoms with Crippen molar-refractivity contribution in [1.82, 2.24) is 20.5 Å². The van der Waals surface area contributed by atoms with Crippen molar-refractivity contribution in [3.8, 4) is 22.3 Å². The van der Waals surface area contributed by atoms with Gasteiger partial charge in [0.25, 0.3) is 0 Å². The normalized spacial score (nSPS) is 19.8. The summed E-state index contributed by atoms with van der Waals surface area (Å²) in [5.41, 5.74) is 2.25. The Hall–Kier alpha value is -6.25. The predicted molar refractivity (Wildman–Crippen MR) is 329 cm³/mol. The minimum Gasteiger partial charge on any atom is -0.495 e. The summed E-state index contributed by atoms with van der Waals surface area (Å²) in [7, 11) is 1.38. The number of β-amino-alcohol motifs (C(OH)–C–C–N with tert-alkyl or cyclic N) is 1. The molecule has 7 atom stereocenters. The van der Waals surface area contributed by atoms with Crippen molar-refractivity contribution in [2.24, 2.45) is 10.8 Å². The zero-order chi connectivity index (χ0) is 63.2. The Kier molecular flexibility index (Phi) is 24.1. The second kappa shape index (κ2) is 30.8. The van der Waals surface area contributed by atoms with E-state index in [9.17, 15) is 34.3 Å². The lowest BCUT2D eigenvalue weighted by Gasteiger charge is -2.37. The van der Waals surface area contributed by atoms with Gasteiger partial charge < -0.3 is 49.6 Å². The number of thiazole rings is 1. The van der Waals surface area contributed by atoms with E-state index in [0.29, 0.717) is 18.4 Å². The largest absolute Gasteiger partial charge is 0.495 e. The SMILES string of the molecule is COc1cc(C(=O)CCCOCCOCCOCCOCC(=O)N[C@H](C(=O)N2C[C@H](O)C[C@H]2C(=O)CCc2ccc(-c3scnc3C)cc2)C(C)(C)C)ccc1NC(=O)[C@@H]1N[C@@H](CC(C)(C)C)[C@](C#N)(c2ccc(Cl)cc2F)[C@H]1c1cccc(Cl)c1F. The molecule has 2 fully saturated rings. The quantitative estimate of drug-likeness (QED) is 0.0258. The molecule has 5 aromatic rings. The number of halogens is 4. The van der Waals surface area contributed by atoms with Crippen molar-refractivity contribution in [3.63, 3.8) is 0 Å². The number of nitrogens with zero attached hydrogens (tertiary/aromatic N) is 3. The van der Waals surface area contributed by atoms with Crippen LogP contribution in [0, 0.1) is 40.7 Å². The summed E-state index contributed by atoms with van der Waals surface area (Å²) in [6.07, 6.45) is 0.774. The number of likely N-dealkylation sites (tertiary alicyclic amines) is 1. The molecule has 0 bridgehead atoms. The van der Waals surface area contributed by atoms with Gasteiger partial charge in [-0.3, -0.25) is 24.0 Å². The summed E-state index contributed by atoms with van der Waals surface area (Å²) in [6.45, 7) is 14.6.